The number of rotatable bonds is 5. The highest BCUT2D eigenvalue weighted by Crippen LogP contribution is 2.36. The maximum absolute atomic E-state index is 10.9. The van der Waals surface area contributed by atoms with Crippen LogP contribution in [0.3, 0.4) is 0 Å². The fourth-order valence-corrected chi connectivity index (χ4v) is 2.84. The van der Waals surface area contributed by atoms with E-state index in [0.717, 1.165) is 28.9 Å². The van der Waals surface area contributed by atoms with Crippen LogP contribution in [0.15, 0.2) is 17.8 Å². The molecule has 0 saturated heterocycles. The van der Waals surface area contributed by atoms with Crippen molar-refractivity contribution in [1.29, 1.82) is 0 Å². The Bertz CT molecular complexity index is 579. The summed E-state index contributed by atoms with van der Waals surface area (Å²) in [6.07, 6.45) is 3.86. The van der Waals surface area contributed by atoms with Crippen molar-refractivity contribution in [1.82, 2.24) is 9.97 Å². The molecule has 2 aromatic rings. The van der Waals surface area contributed by atoms with Crippen LogP contribution in [0, 0.1) is 5.92 Å². The standard InChI is InChI=1S/C12H13N3O2S/c16-10(17)5-9(7-1-2-7)15-11-8-3-4-18-12(8)14-6-13-11/h3-4,6-7,9H,1-2,5H2,(H,16,17)(H,13,14,15). The van der Waals surface area contributed by atoms with E-state index < -0.39 is 5.97 Å². The van der Waals surface area contributed by atoms with Gasteiger partial charge in [0, 0.05) is 6.04 Å². The van der Waals surface area contributed by atoms with Gasteiger partial charge in [0.25, 0.3) is 0 Å². The first-order valence-electron chi connectivity index (χ1n) is 5.90. The van der Waals surface area contributed by atoms with E-state index in [2.05, 4.69) is 15.3 Å². The van der Waals surface area contributed by atoms with Gasteiger partial charge in [-0.3, -0.25) is 4.79 Å². The fraction of sp³-hybridized carbons (Fsp3) is 0.417. The first kappa shape index (κ1) is 11.4. The van der Waals surface area contributed by atoms with Gasteiger partial charge >= 0.3 is 5.97 Å². The number of fused-ring (bicyclic) bond motifs is 1. The molecule has 0 aliphatic heterocycles. The Morgan fingerprint density at radius 3 is 3.11 bits per heavy atom. The minimum Gasteiger partial charge on any atom is -0.481 e. The minimum absolute atomic E-state index is 0.0273. The Kier molecular flexibility index (Phi) is 2.87. The lowest BCUT2D eigenvalue weighted by molar-refractivity contribution is -0.137. The van der Waals surface area contributed by atoms with Crippen LogP contribution in [0.2, 0.25) is 0 Å². The number of nitrogens with zero attached hydrogens (tertiary/aromatic N) is 2. The van der Waals surface area contributed by atoms with Gasteiger partial charge in [0.15, 0.2) is 0 Å². The molecule has 1 fully saturated rings. The van der Waals surface area contributed by atoms with Crippen LogP contribution in [0.1, 0.15) is 19.3 Å². The molecule has 0 spiro atoms. The summed E-state index contributed by atoms with van der Waals surface area (Å²) in [5.41, 5.74) is 0. The molecule has 3 rings (SSSR count). The van der Waals surface area contributed by atoms with E-state index in [-0.39, 0.29) is 12.5 Å². The number of nitrogens with one attached hydrogen (secondary N) is 1. The van der Waals surface area contributed by atoms with Crippen molar-refractivity contribution in [2.24, 2.45) is 5.92 Å². The summed E-state index contributed by atoms with van der Waals surface area (Å²) in [4.78, 5) is 20.2. The van der Waals surface area contributed by atoms with Crippen molar-refractivity contribution in [2.45, 2.75) is 25.3 Å². The summed E-state index contributed by atoms with van der Waals surface area (Å²) in [6, 6.07) is 1.94. The number of aromatic nitrogens is 2. The third-order valence-electron chi connectivity index (χ3n) is 3.17. The summed E-state index contributed by atoms with van der Waals surface area (Å²) in [7, 11) is 0. The van der Waals surface area contributed by atoms with Gasteiger partial charge in [0.2, 0.25) is 0 Å². The van der Waals surface area contributed by atoms with Crippen LogP contribution < -0.4 is 5.32 Å². The van der Waals surface area contributed by atoms with Gasteiger partial charge in [-0.15, -0.1) is 11.3 Å². The summed E-state index contributed by atoms with van der Waals surface area (Å²) in [5.74, 6) is 0.444. The smallest absolute Gasteiger partial charge is 0.305 e. The van der Waals surface area contributed by atoms with E-state index in [4.69, 9.17) is 5.11 Å². The van der Waals surface area contributed by atoms with Crippen LogP contribution in [0.5, 0.6) is 0 Å². The minimum atomic E-state index is -0.769. The summed E-state index contributed by atoms with van der Waals surface area (Å²) in [5, 5.41) is 15.2. The third kappa shape index (κ3) is 2.28. The normalized spacial score (nSPS) is 16.7. The molecule has 1 aliphatic carbocycles. The zero-order valence-electron chi connectivity index (χ0n) is 9.67. The van der Waals surface area contributed by atoms with E-state index in [0.29, 0.717) is 5.92 Å². The fourth-order valence-electron chi connectivity index (χ4n) is 2.10. The first-order valence-corrected chi connectivity index (χ1v) is 6.78. The molecule has 1 unspecified atom stereocenters. The van der Waals surface area contributed by atoms with Gasteiger partial charge in [-0.05, 0) is 30.2 Å². The summed E-state index contributed by atoms with van der Waals surface area (Å²) < 4.78 is 0. The highest BCUT2D eigenvalue weighted by molar-refractivity contribution is 7.16. The Balaban J connectivity index is 1.85. The summed E-state index contributed by atoms with van der Waals surface area (Å²) >= 11 is 1.56. The number of hydrogen-bond donors (Lipinski definition) is 2. The molecule has 2 aromatic heterocycles. The monoisotopic (exact) mass is 263 g/mol. The second-order valence-electron chi connectivity index (χ2n) is 4.55. The Hall–Kier alpha value is -1.69. The van der Waals surface area contributed by atoms with Gasteiger partial charge in [-0.1, -0.05) is 0 Å². The van der Waals surface area contributed by atoms with Crippen molar-refractivity contribution in [3.05, 3.63) is 17.8 Å². The SMILES string of the molecule is O=C(O)CC(Nc1ncnc2sccc12)C1CC1. The zero-order valence-corrected chi connectivity index (χ0v) is 10.5. The molecule has 0 aromatic carbocycles. The predicted octanol–water partition coefficient (Wildman–Crippen LogP) is 2.36. The molecule has 1 aliphatic rings. The topological polar surface area (TPSA) is 75.1 Å². The third-order valence-corrected chi connectivity index (χ3v) is 3.99. The number of carbonyl (C=O) groups is 1. The summed E-state index contributed by atoms with van der Waals surface area (Å²) in [6.45, 7) is 0. The Morgan fingerprint density at radius 2 is 2.39 bits per heavy atom. The van der Waals surface area contributed by atoms with Crippen molar-refractivity contribution in [3.8, 4) is 0 Å². The van der Waals surface area contributed by atoms with Crippen molar-refractivity contribution >= 4 is 33.3 Å². The molecule has 0 radical (unpaired) electrons. The molecular weight excluding hydrogens is 250 g/mol. The lowest BCUT2D eigenvalue weighted by atomic mass is 10.1. The molecule has 18 heavy (non-hydrogen) atoms. The molecule has 2 heterocycles. The van der Waals surface area contributed by atoms with E-state index >= 15 is 0 Å². The molecule has 5 nitrogen and oxygen atoms in total. The van der Waals surface area contributed by atoms with Crippen LogP contribution in [0.25, 0.3) is 10.2 Å². The van der Waals surface area contributed by atoms with Crippen molar-refractivity contribution < 1.29 is 9.90 Å². The van der Waals surface area contributed by atoms with Crippen molar-refractivity contribution in [3.63, 3.8) is 0 Å². The van der Waals surface area contributed by atoms with Crippen LogP contribution in [-0.4, -0.2) is 27.1 Å². The average molecular weight is 263 g/mol. The van der Waals surface area contributed by atoms with E-state index in [9.17, 15) is 4.79 Å². The highest BCUT2D eigenvalue weighted by Gasteiger charge is 2.33. The predicted molar refractivity (Wildman–Crippen MR) is 69.8 cm³/mol. The second-order valence-corrected chi connectivity index (χ2v) is 5.44. The number of anilines is 1. The van der Waals surface area contributed by atoms with Crippen LogP contribution in [-0.2, 0) is 4.79 Å². The van der Waals surface area contributed by atoms with Gasteiger partial charge in [-0.2, -0.15) is 0 Å². The van der Waals surface area contributed by atoms with E-state index in [1.807, 2.05) is 11.4 Å². The Labute approximate surface area is 108 Å². The van der Waals surface area contributed by atoms with Gasteiger partial charge in [-0.25, -0.2) is 9.97 Å². The lowest BCUT2D eigenvalue weighted by Gasteiger charge is -2.17. The first-order chi connectivity index (χ1) is 8.74. The van der Waals surface area contributed by atoms with Gasteiger partial charge in [0.1, 0.15) is 17.0 Å². The zero-order chi connectivity index (χ0) is 12.5. The maximum atomic E-state index is 10.9. The molecule has 0 amide bonds. The number of carboxylic acid groups (broad SMARTS) is 1. The lowest BCUT2D eigenvalue weighted by Crippen LogP contribution is -2.25. The molecule has 2 N–H and O–H groups in total. The second kappa shape index (κ2) is 4.53. The number of aliphatic carboxylic acids is 1. The average Bonchev–Trinajstić information content (AvgIpc) is 3.06. The molecular formula is C12H13N3O2S. The molecule has 94 valence electrons. The maximum Gasteiger partial charge on any atom is 0.305 e. The molecule has 1 atom stereocenters. The number of hydrogen-bond acceptors (Lipinski definition) is 5. The van der Waals surface area contributed by atoms with Crippen LogP contribution >= 0.6 is 11.3 Å². The Morgan fingerprint density at radius 1 is 1.56 bits per heavy atom. The van der Waals surface area contributed by atoms with Gasteiger partial charge < -0.3 is 10.4 Å². The van der Waals surface area contributed by atoms with Gasteiger partial charge in [0.05, 0.1) is 11.8 Å². The highest BCUT2D eigenvalue weighted by atomic mass is 32.1. The largest absolute Gasteiger partial charge is 0.481 e. The van der Waals surface area contributed by atoms with E-state index in [1.165, 1.54) is 6.33 Å². The molecule has 0 bridgehead atoms. The number of thiophene rings is 1. The molecule has 1 saturated carbocycles. The molecule has 6 heteroatoms. The van der Waals surface area contributed by atoms with E-state index in [1.54, 1.807) is 11.3 Å². The van der Waals surface area contributed by atoms with Crippen molar-refractivity contribution in [2.75, 3.05) is 5.32 Å². The van der Waals surface area contributed by atoms with Crippen LogP contribution in [0.4, 0.5) is 5.82 Å². The number of carboxylic acids is 1. The quantitative estimate of drug-likeness (QED) is 0.866.